The minimum absolute atomic E-state index is 0.147. The number of fused-ring (bicyclic) bond motifs is 1. The van der Waals surface area contributed by atoms with Crippen molar-refractivity contribution in [3.8, 4) is 6.07 Å². The van der Waals surface area contributed by atoms with Gasteiger partial charge in [-0.15, -0.1) is 0 Å². The maximum atomic E-state index is 9.48. The van der Waals surface area contributed by atoms with Gasteiger partial charge in [0, 0.05) is 32.9 Å². The zero-order valence-corrected chi connectivity index (χ0v) is 16.7. The van der Waals surface area contributed by atoms with Crippen LogP contribution in [0.15, 0.2) is 18.3 Å². The largest absolute Gasteiger partial charge is 0.369 e. The van der Waals surface area contributed by atoms with Crippen molar-refractivity contribution < 1.29 is 0 Å². The Morgan fingerprint density at radius 2 is 2.14 bits per heavy atom. The quantitative estimate of drug-likeness (QED) is 0.612. The molecular formula is C20H25N9. The molecular weight excluding hydrogens is 366 g/mol. The minimum atomic E-state index is 0.147. The first-order valence-corrected chi connectivity index (χ1v) is 9.75. The predicted molar refractivity (Wildman–Crippen MR) is 114 cm³/mol. The van der Waals surface area contributed by atoms with E-state index in [0.29, 0.717) is 23.6 Å². The molecule has 0 aromatic carbocycles. The summed E-state index contributed by atoms with van der Waals surface area (Å²) in [5.41, 5.74) is 10.8. The van der Waals surface area contributed by atoms with Gasteiger partial charge in [0.1, 0.15) is 17.5 Å². The van der Waals surface area contributed by atoms with E-state index in [2.05, 4.69) is 42.2 Å². The topological polar surface area (TPSA) is 121 Å². The highest BCUT2D eigenvalue weighted by molar-refractivity contribution is 5.81. The average molecular weight is 391 g/mol. The van der Waals surface area contributed by atoms with Gasteiger partial charge in [-0.2, -0.15) is 10.2 Å². The Labute approximate surface area is 169 Å². The summed E-state index contributed by atoms with van der Waals surface area (Å²) >= 11 is 0. The van der Waals surface area contributed by atoms with Crippen LogP contribution in [0.3, 0.4) is 0 Å². The van der Waals surface area contributed by atoms with E-state index in [1.54, 1.807) is 6.92 Å². The number of hydrogen-bond acceptors (Lipinski definition) is 8. The van der Waals surface area contributed by atoms with Crippen LogP contribution in [-0.4, -0.2) is 45.7 Å². The van der Waals surface area contributed by atoms with E-state index in [1.165, 1.54) is 0 Å². The second-order valence-corrected chi connectivity index (χ2v) is 7.23. The predicted octanol–water partition coefficient (Wildman–Crippen LogP) is 1.54. The molecule has 0 saturated carbocycles. The first-order chi connectivity index (χ1) is 14.1. The minimum Gasteiger partial charge on any atom is -0.369 e. The van der Waals surface area contributed by atoms with Gasteiger partial charge >= 0.3 is 0 Å². The van der Waals surface area contributed by atoms with Crippen molar-refractivity contribution in [3.63, 3.8) is 0 Å². The monoisotopic (exact) mass is 391 g/mol. The smallest absolute Gasteiger partial charge is 0.222 e. The van der Waals surface area contributed by atoms with Crippen LogP contribution in [0.5, 0.6) is 0 Å². The van der Waals surface area contributed by atoms with Gasteiger partial charge in [-0.3, -0.25) is 0 Å². The van der Waals surface area contributed by atoms with Gasteiger partial charge in [0.05, 0.1) is 34.7 Å². The molecule has 3 aromatic heterocycles. The summed E-state index contributed by atoms with van der Waals surface area (Å²) in [4.78, 5) is 15.6. The van der Waals surface area contributed by atoms with E-state index in [-0.39, 0.29) is 5.95 Å². The lowest BCUT2D eigenvalue weighted by molar-refractivity contribution is 0.724. The first-order valence-electron chi connectivity index (χ1n) is 9.75. The van der Waals surface area contributed by atoms with Crippen molar-refractivity contribution in [2.75, 3.05) is 42.1 Å². The number of nitrogen functional groups attached to an aromatic ring is 1. The van der Waals surface area contributed by atoms with Gasteiger partial charge in [0.15, 0.2) is 0 Å². The van der Waals surface area contributed by atoms with Crippen LogP contribution in [0.1, 0.15) is 23.4 Å². The highest BCUT2D eigenvalue weighted by atomic mass is 15.2. The standard InChI is InChI=1S/C20H25N9/c1-13-14(11-21)19(27-20(22)25-13)24-12-16-18(29-7-3-5-23-6-9-29)10-17-15(26-16)4-8-28(17)2/h4,8,10,23H,3,5-7,9,12H2,1-2H3,(H3,22,24,25,27). The molecule has 4 rings (SSSR count). The average Bonchev–Trinajstić information content (AvgIpc) is 2.90. The van der Waals surface area contributed by atoms with Gasteiger partial charge < -0.3 is 25.8 Å². The lowest BCUT2D eigenvalue weighted by Crippen LogP contribution is -2.29. The Kier molecular flexibility index (Phi) is 5.18. The van der Waals surface area contributed by atoms with Crippen molar-refractivity contribution in [2.45, 2.75) is 19.9 Å². The summed E-state index contributed by atoms with van der Waals surface area (Å²) in [6, 6.07) is 6.38. The molecule has 4 N–H and O–H groups in total. The van der Waals surface area contributed by atoms with Crippen molar-refractivity contribution in [2.24, 2.45) is 7.05 Å². The molecule has 9 heteroatoms. The second-order valence-electron chi connectivity index (χ2n) is 7.23. The van der Waals surface area contributed by atoms with Crippen LogP contribution in [0.2, 0.25) is 0 Å². The van der Waals surface area contributed by atoms with Gasteiger partial charge in [0.2, 0.25) is 5.95 Å². The van der Waals surface area contributed by atoms with Gasteiger partial charge in [-0.05, 0) is 32.0 Å². The van der Waals surface area contributed by atoms with Crippen LogP contribution in [0.4, 0.5) is 17.5 Å². The Balaban J connectivity index is 1.71. The van der Waals surface area contributed by atoms with Crippen molar-refractivity contribution in [3.05, 3.63) is 35.3 Å². The van der Waals surface area contributed by atoms with Crippen LogP contribution in [0, 0.1) is 18.3 Å². The van der Waals surface area contributed by atoms with Crippen LogP contribution < -0.4 is 21.3 Å². The molecule has 4 heterocycles. The number of hydrogen-bond donors (Lipinski definition) is 3. The lowest BCUT2D eigenvalue weighted by atomic mass is 10.2. The number of rotatable bonds is 4. The second kappa shape index (κ2) is 7.93. The molecule has 0 bridgehead atoms. The fourth-order valence-corrected chi connectivity index (χ4v) is 3.73. The number of nitrogens with zero attached hydrogens (tertiary/aromatic N) is 6. The Morgan fingerprint density at radius 3 is 2.97 bits per heavy atom. The number of aryl methyl sites for hydroxylation is 2. The highest BCUT2D eigenvalue weighted by Crippen LogP contribution is 2.27. The molecule has 1 aliphatic heterocycles. The summed E-state index contributed by atoms with van der Waals surface area (Å²) in [6.07, 6.45) is 3.10. The maximum absolute atomic E-state index is 9.48. The third kappa shape index (κ3) is 3.79. The van der Waals surface area contributed by atoms with Crippen LogP contribution in [-0.2, 0) is 13.6 Å². The third-order valence-corrected chi connectivity index (χ3v) is 5.25. The summed E-state index contributed by atoms with van der Waals surface area (Å²) in [6.45, 7) is 6.06. The lowest BCUT2D eigenvalue weighted by Gasteiger charge is -2.25. The molecule has 0 aliphatic carbocycles. The number of aromatic nitrogens is 4. The molecule has 0 atom stereocenters. The molecule has 3 aromatic rings. The van der Waals surface area contributed by atoms with Crippen molar-refractivity contribution in [1.29, 1.82) is 5.26 Å². The fraction of sp³-hybridized carbons (Fsp3) is 0.400. The maximum Gasteiger partial charge on any atom is 0.222 e. The van der Waals surface area contributed by atoms with E-state index in [4.69, 9.17) is 10.7 Å². The summed E-state index contributed by atoms with van der Waals surface area (Å²) < 4.78 is 2.08. The molecule has 0 spiro atoms. The van der Waals surface area contributed by atoms with Gasteiger partial charge in [-0.1, -0.05) is 0 Å². The summed E-state index contributed by atoms with van der Waals surface area (Å²) in [7, 11) is 2.03. The number of pyridine rings is 1. The van der Waals surface area contributed by atoms with Gasteiger partial charge in [-0.25, -0.2) is 9.97 Å². The van der Waals surface area contributed by atoms with Crippen molar-refractivity contribution in [1.82, 2.24) is 24.8 Å². The number of nitriles is 1. The Morgan fingerprint density at radius 1 is 1.28 bits per heavy atom. The molecule has 1 fully saturated rings. The fourth-order valence-electron chi connectivity index (χ4n) is 3.73. The molecule has 0 radical (unpaired) electrons. The Hall–Kier alpha value is -3.38. The zero-order valence-electron chi connectivity index (χ0n) is 16.7. The number of nitrogens with two attached hydrogens (primary N) is 1. The van der Waals surface area contributed by atoms with Crippen molar-refractivity contribution >= 4 is 28.5 Å². The van der Waals surface area contributed by atoms with Crippen LogP contribution >= 0.6 is 0 Å². The van der Waals surface area contributed by atoms with E-state index < -0.39 is 0 Å². The normalized spacial score (nSPS) is 14.6. The third-order valence-electron chi connectivity index (χ3n) is 5.25. The summed E-state index contributed by atoms with van der Waals surface area (Å²) in [5.74, 6) is 0.588. The van der Waals surface area contributed by atoms with E-state index in [1.807, 2.05) is 19.3 Å². The Bertz CT molecular complexity index is 1070. The highest BCUT2D eigenvalue weighted by Gasteiger charge is 2.18. The first kappa shape index (κ1) is 19.0. The SMILES string of the molecule is Cc1nc(N)nc(NCc2nc3ccn(C)c3cc2N2CCCNCC2)c1C#N. The zero-order chi connectivity index (χ0) is 20.4. The number of anilines is 3. The molecule has 1 aliphatic rings. The molecule has 1 saturated heterocycles. The van der Waals surface area contributed by atoms with Crippen LogP contribution in [0.25, 0.3) is 11.0 Å². The molecule has 0 unspecified atom stereocenters. The van der Waals surface area contributed by atoms with Gasteiger partial charge in [0.25, 0.3) is 0 Å². The molecule has 150 valence electrons. The summed E-state index contributed by atoms with van der Waals surface area (Å²) in [5, 5.41) is 16.2. The number of nitrogens with one attached hydrogen (secondary N) is 2. The molecule has 29 heavy (non-hydrogen) atoms. The van der Waals surface area contributed by atoms with E-state index in [9.17, 15) is 5.26 Å². The molecule has 9 nitrogen and oxygen atoms in total. The van der Waals surface area contributed by atoms with E-state index >= 15 is 0 Å². The molecule has 0 amide bonds. The van der Waals surface area contributed by atoms with E-state index in [0.717, 1.165) is 55.0 Å².